The van der Waals surface area contributed by atoms with Crippen LogP contribution in [0, 0.1) is 6.92 Å². The van der Waals surface area contributed by atoms with Crippen LogP contribution in [-0.2, 0) is 5.41 Å². The van der Waals surface area contributed by atoms with E-state index in [9.17, 15) is 0 Å². The van der Waals surface area contributed by atoms with E-state index in [4.69, 9.17) is 0 Å². The number of benzene rings is 3. The molecule has 0 radical (unpaired) electrons. The molecule has 2 heteroatoms. The minimum atomic E-state index is -0.201. The van der Waals surface area contributed by atoms with Crippen molar-refractivity contribution in [1.29, 1.82) is 0 Å². The number of aryl methyl sites for hydroxylation is 1. The van der Waals surface area contributed by atoms with Crippen LogP contribution in [0.5, 0.6) is 0 Å². The Hall–Kier alpha value is -3.49. The van der Waals surface area contributed by atoms with Crippen molar-refractivity contribution in [2.75, 3.05) is 0 Å². The van der Waals surface area contributed by atoms with Crippen molar-refractivity contribution in [2.24, 2.45) is 0 Å². The third-order valence-electron chi connectivity index (χ3n) is 7.15. The third kappa shape index (κ3) is 2.87. The van der Waals surface area contributed by atoms with Crippen LogP contribution >= 0.6 is 11.3 Å². The van der Waals surface area contributed by atoms with E-state index in [-0.39, 0.29) is 5.41 Å². The second-order valence-corrected chi connectivity index (χ2v) is 10.2. The minimum Gasteiger partial charge on any atom is -0.265 e. The van der Waals surface area contributed by atoms with E-state index in [1.54, 1.807) is 0 Å². The summed E-state index contributed by atoms with van der Waals surface area (Å²) in [6.45, 7) is 6.66. The predicted molar refractivity (Wildman–Crippen MR) is 142 cm³/mol. The van der Waals surface area contributed by atoms with Gasteiger partial charge in [-0.1, -0.05) is 66.7 Å². The first-order valence-corrected chi connectivity index (χ1v) is 12.2. The van der Waals surface area contributed by atoms with Gasteiger partial charge >= 0.3 is 0 Å². The molecule has 0 amide bonds. The zero-order chi connectivity index (χ0) is 22.6. The summed E-state index contributed by atoms with van der Waals surface area (Å²) in [7, 11) is 0. The second kappa shape index (κ2) is 7.54. The Bertz CT molecular complexity index is 1540. The van der Waals surface area contributed by atoms with Crippen LogP contribution in [0.1, 0.15) is 41.0 Å². The Morgan fingerprint density at radius 3 is 2.42 bits per heavy atom. The molecule has 0 saturated heterocycles. The van der Waals surface area contributed by atoms with Gasteiger partial charge in [-0.15, -0.1) is 11.3 Å². The molecule has 0 saturated carbocycles. The lowest BCUT2D eigenvalue weighted by atomic mass is 9.74. The quantitative estimate of drug-likeness (QED) is 0.272. The van der Waals surface area contributed by atoms with Gasteiger partial charge in [0.05, 0.1) is 0 Å². The SMILES string of the molecule is C/C=C\c1c(C)sc2cc(-c3cccc4c3-c3ccccc3C4(C)c3ccncc3)ccc12. The number of hydrogen-bond donors (Lipinski definition) is 0. The van der Waals surface area contributed by atoms with Gasteiger partial charge in [0, 0.05) is 27.4 Å². The van der Waals surface area contributed by atoms with Crippen LogP contribution in [0.4, 0.5) is 0 Å². The van der Waals surface area contributed by atoms with Crippen molar-refractivity contribution in [3.8, 4) is 22.3 Å². The molecule has 1 aliphatic rings. The van der Waals surface area contributed by atoms with Gasteiger partial charge in [0.15, 0.2) is 0 Å². The average molecular weight is 444 g/mol. The van der Waals surface area contributed by atoms with E-state index in [0.29, 0.717) is 0 Å². The maximum atomic E-state index is 4.27. The number of allylic oxidation sites excluding steroid dienone is 1. The molecular weight excluding hydrogens is 418 g/mol. The molecule has 0 aliphatic heterocycles. The van der Waals surface area contributed by atoms with Crippen molar-refractivity contribution in [3.63, 3.8) is 0 Å². The van der Waals surface area contributed by atoms with Crippen molar-refractivity contribution in [3.05, 3.63) is 118 Å². The first-order chi connectivity index (χ1) is 16.1. The highest BCUT2D eigenvalue weighted by atomic mass is 32.1. The third-order valence-corrected chi connectivity index (χ3v) is 8.24. The number of fused-ring (bicyclic) bond motifs is 4. The molecule has 0 N–H and O–H groups in total. The van der Waals surface area contributed by atoms with Gasteiger partial charge in [-0.05, 0) is 88.9 Å². The van der Waals surface area contributed by atoms with Crippen LogP contribution in [0.25, 0.3) is 38.4 Å². The topological polar surface area (TPSA) is 12.9 Å². The van der Waals surface area contributed by atoms with E-state index >= 15 is 0 Å². The van der Waals surface area contributed by atoms with Crippen LogP contribution in [0.2, 0.25) is 0 Å². The number of nitrogens with zero attached hydrogens (tertiary/aromatic N) is 1. The smallest absolute Gasteiger partial charge is 0.0436 e. The second-order valence-electron chi connectivity index (χ2n) is 8.92. The molecule has 3 aromatic carbocycles. The Morgan fingerprint density at radius 2 is 1.61 bits per heavy atom. The molecule has 0 bridgehead atoms. The van der Waals surface area contributed by atoms with E-state index in [1.807, 2.05) is 23.7 Å². The van der Waals surface area contributed by atoms with E-state index < -0.39 is 0 Å². The van der Waals surface area contributed by atoms with Crippen molar-refractivity contribution in [2.45, 2.75) is 26.2 Å². The molecular formula is C31H25NS. The maximum Gasteiger partial charge on any atom is 0.0436 e. The number of rotatable bonds is 3. The summed E-state index contributed by atoms with van der Waals surface area (Å²) in [5.41, 5.74) is 10.4. The highest BCUT2D eigenvalue weighted by molar-refractivity contribution is 7.19. The zero-order valence-corrected chi connectivity index (χ0v) is 19.9. The average Bonchev–Trinajstić information content (AvgIpc) is 3.32. The van der Waals surface area contributed by atoms with Crippen molar-refractivity contribution < 1.29 is 0 Å². The highest BCUT2D eigenvalue weighted by Crippen LogP contribution is 2.55. The number of pyridine rings is 1. The number of aromatic nitrogens is 1. The summed E-state index contributed by atoms with van der Waals surface area (Å²) in [5, 5.41) is 1.34. The van der Waals surface area contributed by atoms with E-state index in [2.05, 4.69) is 111 Å². The monoisotopic (exact) mass is 443 g/mol. The lowest BCUT2D eigenvalue weighted by Gasteiger charge is -2.28. The molecule has 2 heterocycles. The first-order valence-electron chi connectivity index (χ1n) is 11.4. The molecule has 160 valence electrons. The van der Waals surface area contributed by atoms with Crippen LogP contribution in [0.15, 0.2) is 91.3 Å². The van der Waals surface area contributed by atoms with E-state index in [0.717, 1.165) is 0 Å². The molecule has 1 atom stereocenters. The lowest BCUT2D eigenvalue weighted by molar-refractivity contribution is 0.712. The highest BCUT2D eigenvalue weighted by Gasteiger charge is 2.41. The summed E-state index contributed by atoms with van der Waals surface area (Å²) in [6.07, 6.45) is 8.16. The summed E-state index contributed by atoms with van der Waals surface area (Å²) < 4.78 is 1.35. The van der Waals surface area contributed by atoms with Crippen molar-refractivity contribution in [1.82, 2.24) is 4.98 Å². The molecule has 1 unspecified atom stereocenters. The lowest BCUT2D eigenvalue weighted by Crippen LogP contribution is -2.22. The van der Waals surface area contributed by atoms with Gasteiger partial charge in [0.25, 0.3) is 0 Å². The van der Waals surface area contributed by atoms with E-state index in [1.165, 1.54) is 59.5 Å². The molecule has 5 aromatic rings. The Morgan fingerprint density at radius 1 is 0.848 bits per heavy atom. The summed E-state index contributed by atoms with van der Waals surface area (Å²) in [5.74, 6) is 0. The standard InChI is InChI=1S/C31H25NS/c1-4-8-23-20(2)33-29-19-21(13-14-25(23)29)24-10-7-12-28-30(24)26-9-5-6-11-27(26)31(28,3)22-15-17-32-18-16-22/h4-19H,1-3H3/b8-4-. The molecule has 0 fully saturated rings. The van der Waals surface area contributed by atoms with Gasteiger partial charge in [-0.2, -0.15) is 0 Å². The summed E-state index contributed by atoms with van der Waals surface area (Å²) >= 11 is 1.88. The van der Waals surface area contributed by atoms with Crippen LogP contribution in [0.3, 0.4) is 0 Å². The molecule has 1 aliphatic carbocycles. The number of hydrogen-bond acceptors (Lipinski definition) is 2. The molecule has 2 aromatic heterocycles. The first kappa shape index (κ1) is 20.1. The Kier molecular flexibility index (Phi) is 4.60. The largest absolute Gasteiger partial charge is 0.265 e. The zero-order valence-electron chi connectivity index (χ0n) is 19.1. The Balaban J connectivity index is 1.62. The van der Waals surface area contributed by atoms with Gasteiger partial charge < -0.3 is 0 Å². The van der Waals surface area contributed by atoms with Crippen LogP contribution in [-0.4, -0.2) is 4.98 Å². The van der Waals surface area contributed by atoms with Gasteiger partial charge in [-0.25, -0.2) is 0 Å². The fourth-order valence-electron chi connectivity index (χ4n) is 5.56. The number of thiophene rings is 1. The minimum absolute atomic E-state index is 0.201. The fourth-order valence-corrected chi connectivity index (χ4v) is 6.65. The predicted octanol–water partition coefficient (Wildman–Crippen LogP) is 8.64. The summed E-state index contributed by atoms with van der Waals surface area (Å²) in [6, 6.07) is 27.0. The molecule has 1 nitrogen and oxygen atoms in total. The van der Waals surface area contributed by atoms with Gasteiger partial charge in [0.2, 0.25) is 0 Å². The van der Waals surface area contributed by atoms with Gasteiger partial charge in [-0.3, -0.25) is 4.98 Å². The van der Waals surface area contributed by atoms with Crippen molar-refractivity contribution >= 4 is 27.5 Å². The fraction of sp³-hybridized carbons (Fsp3) is 0.129. The van der Waals surface area contributed by atoms with Crippen LogP contribution < -0.4 is 0 Å². The molecule has 33 heavy (non-hydrogen) atoms. The molecule has 0 spiro atoms. The maximum absolute atomic E-state index is 4.27. The molecule has 6 rings (SSSR count). The Labute approximate surface area is 199 Å². The summed E-state index contributed by atoms with van der Waals surface area (Å²) in [4.78, 5) is 5.64. The van der Waals surface area contributed by atoms with Gasteiger partial charge in [0.1, 0.15) is 0 Å². The normalized spacial score (nSPS) is 16.9.